The van der Waals surface area contributed by atoms with Crippen molar-refractivity contribution in [3.8, 4) is 5.75 Å². The van der Waals surface area contributed by atoms with E-state index in [4.69, 9.17) is 5.11 Å². The summed E-state index contributed by atoms with van der Waals surface area (Å²) in [7, 11) is 0. The fourth-order valence-corrected chi connectivity index (χ4v) is 1.77. The molecule has 102 valence electrons. The van der Waals surface area contributed by atoms with Crippen LogP contribution in [0.5, 0.6) is 5.75 Å². The van der Waals surface area contributed by atoms with Crippen LogP contribution in [0.1, 0.15) is 26.4 Å². The Kier molecular flexibility index (Phi) is 3.65. The molecule has 0 aliphatic heterocycles. The van der Waals surface area contributed by atoms with Crippen LogP contribution in [0.4, 0.5) is 5.69 Å². The molecule has 20 heavy (non-hydrogen) atoms. The van der Waals surface area contributed by atoms with Crippen molar-refractivity contribution in [1.82, 2.24) is 4.98 Å². The van der Waals surface area contributed by atoms with Gasteiger partial charge in [0.2, 0.25) is 0 Å². The lowest BCUT2D eigenvalue weighted by atomic mass is 10.1. The third kappa shape index (κ3) is 2.74. The van der Waals surface area contributed by atoms with Gasteiger partial charge in [-0.15, -0.1) is 0 Å². The minimum Gasteiger partial charge on any atom is -0.508 e. The zero-order chi connectivity index (χ0) is 14.7. The van der Waals surface area contributed by atoms with Gasteiger partial charge in [0.25, 0.3) is 5.91 Å². The lowest BCUT2D eigenvalue weighted by Gasteiger charge is -2.09. The number of aromatic carboxylic acids is 1. The molecule has 0 saturated carbocycles. The van der Waals surface area contributed by atoms with Gasteiger partial charge in [-0.2, -0.15) is 0 Å². The first-order valence-corrected chi connectivity index (χ1v) is 5.78. The zero-order valence-electron chi connectivity index (χ0n) is 10.6. The van der Waals surface area contributed by atoms with Gasteiger partial charge >= 0.3 is 5.97 Å². The molecule has 1 aromatic heterocycles. The number of hydrogen-bond donors (Lipinski definition) is 3. The second kappa shape index (κ2) is 5.40. The molecule has 0 aliphatic carbocycles. The molecule has 0 saturated heterocycles. The number of phenolic OH excluding ortho intramolecular Hbond substituents is 1. The Labute approximate surface area is 114 Å². The van der Waals surface area contributed by atoms with Crippen molar-refractivity contribution < 1.29 is 19.8 Å². The van der Waals surface area contributed by atoms with Crippen LogP contribution in [-0.2, 0) is 0 Å². The average Bonchev–Trinajstić information content (AvgIpc) is 2.38. The highest BCUT2D eigenvalue weighted by atomic mass is 16.4. The third-order valence-corrected chi connectivity index (χ3v) is 2.71. The number of hydrogen-bond acceptors (Lipinski definition) is 4. The number of aromatic nitrogens is 1. The van der Waals surface area contributed by atoms with Gasteiger partial charge in [0.05, 0.1) is 5.69 Å². The van der Waals surface area contributed by atoms with E-state index in [-0.39, 0.29) is 17.1 Å². The Bertz CT molecular complexity index is 683. The summed E-state index contributed by atoms with van der Waals surface area (Å²) in [5.41, 5.74) is 0.834. The van der Waals surface area contributed by atoms with E-state index in [1.54, 1.807) is 6.92 Å². The maximum absolute atomic E-state index is 12.1. The van der Waals surface area contributed by atoms with E-state index in [0.29, 0.717) is 11.1 Å². The second-order valence-corrected chi connectivity index (χ2v) is 4.16. The Morgan fingerprint density at radius 3 is 2.65 bits per heavy atom. The number of aromatic hydroxyl groups is 1. The number of pyridine rings is 1. The number of amides is 1. The highest BCUT2D eigenvalue weighted by molar-refractivity contribution is 6.07. The van der Waals surface area contributed by atoms with Gasteiger partial charge in [-0.25, -0.2) is 9.78 Å². The molecule has 0 bridgehead atoms. The molecule has 1 heterocycles. The van der Waals surface area contributed by atoms with Crippen molar-refractivity contribution in [1.29, 1.82) is 0 Å². The highest BCUT2D eigenvalue weighted by Crippen LogP contribution is 2.18. The van der Waals surface area contributed by atoms with Gasteiger partial charge in [0, 0.05) is 11.8 Å². The van der Waals surface area contributed by atoms with Crippen LogP contribution in [0.25, 0.3) is 0 Å². The monoisotopic (exact) mass is 272 g/mol. The maximum Gasteiger partial charge on any atom is 0.356 e. The molecule has 0 fully saturated rings. The third-order valence-electron chi connectivity index (χ3n) is 2.71. The Balaban J connectivity index is 2.30. The molecular formula is C14H12N2O4. The van der Waals surface area contributed by atoms with Gasteiger partial charge in [0.1, 0.15) is 5.75 Å². The van der Waals surface area contributed by atoms with Gasteiger partial charge in [-0.3, -0.25) is 4.79 Å². The molecule has 0 radical (unpaired) electrons. The molecule has 3 N–H and O–H groups in total. The summed E-state index contributed by atoms with van der Waals surface area (Å²) in [6.07, 6.45) is 1.34. The first-order chi connectivity index (χ1) is 9.49. The number of benzene rings is 1. The number of carboxylic acids is 1. The van der Waals surface area contributed by atoms with Crippen LogP contribution in [0.15, 0.2) is 36.5 Å². The van der Waals surface area contributed by atoms with Gasteiger partial charge in [0.15, 0.2) is 5.69 Å². The normalized spacial score (nSPS) is 10.1. The first-order valence-electron chi connectivity index (χ1n) is 5.78. The van der Waals surface area contributed by atoms with Crippen LogP contribution in [-0.4, -0.2) is 27.1 Å². The molecule has 2 rings (SSSR count). The van der Waals surface area contributed by atoms with Crippen LogP contribution in [0.2, 0.25) is 0 Å². The number of carbonyl (C=O) groups is 2. The molecule has 1 amide bonds. The molecule has 0 unspecified atom stereocenters. The van der Waals surface area contributed by atoms with Crippen molar-refractivity contribution in [2.24, 2.45) is 0 Å². The topological polar surface area (TPSA) is 99.5 Å². The number of anilines is 1. The molecule has 2 aromatic rings. The fraction of sp³-hybridized carbons (Fsp3) is 0.0714. The number of nitrogens with one attached hydrogen (secondary N) is 1. The lowest BCUT2D eigenvalue weighted by Crippen LogP contribution is -2.16. The van der Waals surface area contributed by atoms with Crippen molar-refractivity contribution in [2.75, 3.05) is 5.32 Å². The number of rotatable bonds is 3. The maximum atomic E-state index is 12.1. The summed E-state index contributed by atoms with van der Waals surface area (Å²) in [4.78, 5) is 26.8. The minimum absolute atomic E-state index is 0.0617. The predicted molar refractivity (Wildman–Crippen MR) is 72.0 cm³/mol. The Morgan fingerprint density at radius 1 is 1.25 bits per heavy atom. The van der Waals surface area contributed by atoms with Crippen molar-refractivity contribution >= 4 is 17.6 Å². The summed E-state index contributed by atoms with van der Waals surface area (Å²) in [6.45, 7) is 1.68. The number of phenols is 1. The standard InChI is InChI=1S/C14H12N2O4/c1-8-7-9(17)4-5-10(8)13(18)16-11-3-2-6-15-12(11)14(19)20/h2-7,17H,1H3,(H,16,18)(H,19,20). The van der Waals surface area contributed by atoms with Crippen LogP contribution < -0.4 is 5.32 Å². The van der Waals surface area contributed by atoms with E-state index in [0.717, 1.165) is 0 Å². The molecular weight excluding hydrogens is 260 g/mol. The van der Waals surface area contributed by atoms with E-state index in [9.17, 15) is 14.7 Å². The molecule has 0 spiro atoms. The Hall–Kier alpha value is -2.89. The molecule has 6 nitrogen and oxygen atoms in total. The van der Waals surface area contributed by atoms with E-state index < -0.39 is 11.9 Å². The molecule has 1 aromatic carbocycles. The number of aryl methyl sites for hydroxylation is 1. The fourth-order valence-electron chi connectivity index (χ4n) is 1.77. The Morgan fingerprint density at radius 2 is 2.00 bits per heavy atom. The summed E-state index contributed by atoms with van der Waals surface area (Å²) in [5, 5.41) is 20.8. The van der Waals surface area contributed by atoms with Crippen molar-refractivity contribution in [2.45, 2.75) is 6.92 Å². The van der Waals surface area contributed by atoms with Crippen LogP contribution in [0, 0.1) is 6.92 Å². The lowest BCUT2D eigenvalue weighted by molar-refractivity contribution is 0.0691. The summed E-state index contributed by atoms with van der Waals surface area (Å²) >= 11 is 0. The predicted octanol–water partition coefficient (Wildman–Crippen LogP) is 2.05. The smallest absolute Gasteiger partial charge is 0.356 e. The van der Waals surface area contributed by atoms with Crippen LogP contribution in [0.3, 0.4) is 0 Å². The SMILES string of the molecule is Cc1cc(O)ccc1C(=O)Nc1cccnc1C(=O)O. The number of carbonyl (C=O) groups excluding carboxylic acids is 1. The highest BCUT2D eigenvalue weighted by Gasteiger charge is 2.15. The summed E-state index contributed by atoms with van der Waals surface area (Å²) in [6, 6.07) is 7.31. The van der Waals surface area contributed by atoms with E-state index in [1.807, 2.05) is 0 Å². The summed E-state index contributed by atoms with van der Waals surface area (Å²) in [5.74, 6) is -1.62. The minimum atomic E-state index is -1.22. The van der Waals surface area contributed by atoms with E-state index in [2.05, 4.69) is 10.3 Å². The molecule has 0 atom stereocenters. The zero-order valence-corrected chi connectivity index (χ0v) is 10.6. The molecule has 6 heteroatoms. The average molecular weight is 272 g/mol. The van der Waals surface area contributed by atoms with Crippen LogP contribution >= 0.6 is 0 Å². The molecule has 0 aliphatic rings. The summed E-state index contributed by atoms with van der Waals surface area (Å²) < 4.78 is 0. The van der Waals surface area contributed by atoms with Gasteiger partial charge in [-0.1, -0.05) is 0 Å². The number of carboxylic acid groups (broad SMARTS) is 1. The van der Waals surface area contributed by atoms with Crippen molar-refractivity contribution in [3.63, 3.8) is 0 Å². The first kappa shape index (κ1) is 13.5. The van der Waals surface area contributed by atoms with Gasteiger partial charge in [-0.05, 0) is 42.8 Å². The van der Waals surface area contributed by atoms with Crippen molar-refractivity contribution in [3.05, 3.63) is 53.3 Å². The quantitative estimate of drug-likeness (QED) is 0.794. The van der Waals surface area contributed by atoms with E-state index in [1.165, 1.54) is 36.5 Å². The van der Waals surface area contributed by atoms with Gasteiger partial charge < -0.3 is 15.5 Å². The van der Waals surface area contributed by atoms with E-state index >= 15 is 0 Å². The second-order valence-electron chi connectivity index (χ2n) is 4.16. The number of nitrogens with zero attached hydrogens (tertiary/aromatic N) is 1. The largest absolute Gasteiger partial charge is 0.508 e.